The summed E-state index contributed by atoms with van der Waals surface area (Å²) in [6.45, 7) is 18.6. The predicted octanol–water partition coefficient (Wildman–Crippen LogP) is 3.34. The van der Waals surface area contributed by atoms with Crippen LogP contribution in [0.1, 0.15) is 62.3 Å². The molecule has 1 rings (SSSR count). The number of nitrogens with zero attached hydrogens (tertiary/aromatic N) is 2. The number of nitrogens with one attached hydrogen (secondary N) is 1. The van der Waals surface area contributed by atoms with Gasteiger partial charge in [-0.25, -0.2) is 4.79 Å². The summed E-state index contributed by atoms with van der Waals surface area (Å²) >= 11 is 1.78. The molecule has 1 N–H and O–H groups in total. The molecular formula is C25H45N3O4S. The highest BCUT2D eigenvalue weighted by Gasteiger charge is 2.44. The molecule has 7 nitrogen and oxygen atoms in total. The second kappa shape index (κ2) is 11.7. The molecule has 0 aliphatic carbocycles. The summed E-state index contributed by atoms with van der Waals surface area (Å²) in [6.07, 6.45) is 1.79. The predicted molar refractivity (Wildman–Crippen MR) is 136 cm³/mol. The summed E-state index contributed by atoms with van der Waals surface area (Å²) in [5.74, 6) is 0.353. The van der Waals surface area contributed by atoms with Gasteiger partial charge in [-0.3, -0.25) is 14.5 Å². The lowest BCUT2D eigenvalue weighted by atomic mass is 9.84. The average Bonchev–Trinajstić information content (AvgIpc) is 2.67. The largest absolute Gasteiger partial charge is 0.463 e. The van der Waals surface area contributed by atoms with E-state index in [0.29, 0.717) is 12.2 Å². The van der Waals surface area contributed by atoms with Gasteiger partial charge in [0.05, 0.1) is 12.6 Å². The third-order valence-corrected chi connectivity index (χ3v) is 7.52. The van der Waals surface area contributed by atoms with Gasteiger partial charge in [0.15, 0.2) is 0 Å². The lowest BCUT2D eigenvalue weighted by Gasteiger charge is -2.44. The highest BCUT2D eigenvalue weighted by atomic mass is 32.2. The van der Waals surface area contributed by atoms with Gasteiger partial charge in [0, 0.05) is 29.7 Å². The van der Waals surface area contributed by atoms with Crippen molar-refractivity contribution >= 4 is 29.5 Å². The van der Waals surface area contributed by atoms with Crippen LogP contribution in [0.3, 0.4) is 0 Å². The Kier molecular flexibility index (Phi) is 10.5. The molecule has 1 fully saturated rings. The van der Waals surface area contributed by atoms with Crippen LogP contribution in [-0.4, -0.2) is 83.5 Å². The zero-order valence-electron chi connectivity index (χ0n) is 22.4. The lowest BCUT2D eigenvalue weighted by molar-refractivity contribution is -0.141. The van der Waals surface area contributed by atoms with E-state index in [4.69, 9.17) is 4.74 Å². The van der Waals surface area contributed by atoms with E-state index in [1.165, 1.54) is 0 Å². The maximum Gasteiger partial charge on any atom is 0.333 e. The Hall–Kier alpha value is -1.54. The van der Waals surface area contributed by atoms with Crippen LogP contribution in [0.5, 0.6) is 0 Å². The topological polar surface area (TPSA) is 79.0 Å². The number of amides is 2. The van der Waals surface area contributed by atoms with Crippen LogP contribution in [0.2, 0.25) is 0 Å². The molecule has 1 aliphatic rings. The molecule has 1 saturated heterocycles. The molecule has 190 valence electrons. The number of hydrogen-bond acceptors (Lipinski definition) is 6. The number of rotatable bonds is 8. The molecule has 8 heteroatoms. The Morgan fingerprint density at radius 2 is 1.85 bits per heavy atom. The Morgan fingerprint density at radius 3 is 2.30 bits per heavy atom. The summed E-state index contributed by atoms with van der Waals surface area (Å²) in [6, 6.07) is -1.34. The Bertz CT molecular complexity index is 742. The van der Waals surface area contributed by atoms with Gasteiger partial charge >= 0.3 is 5.97 Å². The van der Waals surface area contributed by atoms with Crippen LogP contribution in [0, 0.1) is 11.3 Å². The van der Waals surface area contributed by atoms with E-state index in [0.717, 1.165) is 12.3 Å². The van der Waals surface area contributed by atoms with Crippen LogP contribution in [-0.2, 0) is 19.1 Å². The molecule has 0 aromatic rings. The minimum absolute atomic E-state index is 0.0689. The summed E-state index contributed by atoms with van der Waals surface area (Å²) in [7, 11) is 3.70. The summed E-state index contributed by atoms with van der Waals surface area (Å²) in [5, 5.41) is 3.09. The second-order valence-corrected chi connectivity index (χ2v) is 12.6. The fourth-order valence-corrected chi connectivity index (χ4v) is 5.60. The van der Waals surface area contributed by atoms with Crippen molar-refractivity contribution in [3.8, 4) is 0 Å². The number of ether oxygens (including phenoxy) is 1. The zero-order valence-corrected chi connectivity index (χ0v) is 23.3. The van der Waals surface area contributed by atoms with Gasteiger partial charge in [0.1, 0.15) is 12.1 Å². The molecule has 0 aromatic carbocycles. The second-order valence-electron chi connectivity index (χ2n) is 10.9. The average molecular weight is 484 g/mol. The van der Waals surface area contributed by atoms with Crippen molar-refractivity contribution in [3.05, 3.63) is 11.6 Å². The molecule has 2 amide bonds. The van der Waals surface area contributed by atoms with Gasteiger partial charge in [0.25, 0.3) is 0 Å². The molecule has 1 heterocycles. The van der Waals surface area contributed by atoms with Crippen LogP contribution >= 0.6 is 11.8 Å². The normalized spacial score (nSPS) is 21.3. The number of esters is 1. The van der Waals surface area contributed by atoms with E-state index >= 15 is 0 Å². The monoisotopic (exact) mass is 483 g/mol. The molecule has 0 bridgehead atoms. The lowest BCUT2D eigenvalue weighted by Crippen LogP contribution is -2.63. The minimum atomic E-state index is -0.705. The van der Waals surface area contributed by atoms with E-state index in [1.54, 1.807) is 43.6 Å². The standard InChI is InChI=1S/C25H45N3O4S/c1-12-32-23(31)17(4)15-18(16(2)3)28(11)22(30)19(24(5,6)7)26-21(29)20-25(8,9)33-14-13-27(20)10/h15-16,18-20H,12-14H2,1-11H3,(H,26,29)/t18-,19-,20+/m1/s1. The maximum absolute atomic E-state index is 13.7. The highest BCUT2D eigenvalue weighted by molar-refractivity contribution is 8.00. The molecule has 33 heavy (non-hydrogen) atoms. The fourth-order valence-electron chi connectivity index (χ4n) is 4.25. The van der Waals surface area contributed by atoms with Gasteiger partial charge < -0.3 is 15.0 Å². The number of carbonyl (C=O) groups is 3. The third-order valence-electron chi connectivity index (χ3n) is 6.16. The molecule has 0 radical (unpaired) electrons. The van der Waals surface area contributed by atoms with Crippen molar-refractivity contribution in [1.29, 1.82) is 0 Å². The van der Waals surface area contributed by atoms with E-state index in [-0.39, 0.29) is 40.5 Å². The smallest absolute Gasteiger partial charge is 0.333 e. The van der Waals surface area contributed by atoms with Crippen LogP contribution in [0.4, 0.5) is 0 Å². The minimum Gasteiger partial charge on any atom is -0.463 e. The molecule has 0 saturated carbocycles. The fraction of sp³-hybridized carbons (Fsp3) is 0.800. The summed E-state index contributed by atoms with van der Waals surface area (Å²) in [4.78, 5) is 43.0. The van der Waals surface area contributed by atoms with E-state index in [2.05, 4.69) is 24.1 Å². The maximum atomic E-state index is 13.7. The zero-order chi connectivity index (χ0) is 25.7. The van der Waals surface area contributed by atoms with Crippen LogP contribution < -0.4 is 5.32 Å². The van der Waals surface area contributed by atoms with Gasteiger partial charge in [-0.05, 0) is 46.1 Å². The summed E-state index contributed by atoms with van der Waals surface area (Å²) in [5.41, 5.74) is -0.0263. The van der Waals surface area contributed by atoms with E-state index < -0.39 is 11.5 Å². The van der Waals surface area contributed by atoms with Gasteiger partial charge in [-0.1, -0.05) is 40.7 Å². The van der Waals surface area contributed by atoms with E-state index in [9.17, 15) is 14.4 Å². The highest BCUT2D eigenvalue weighted by Crippen LogP contribution is 2.35. The van der Waals surface area contributed by atoms with Crippen molar-refractivity contribution in [2.45, 2.75) is 85.2 Å². The van der Waals surface area contributed by atoms with Crippen molar-refractivity contribution in [2.75, 3.05) is 33.0 Å². The molecule has 0 unspecified atom stereocenters. The van der Waals surface area contributed by atoms with Crippen molar-refractivity contribution in [1.82, 2.24) is 15.1 Å². The third kappa shape index (κ3) is 7.74. The number of likely N-dealkylation sites (N-methyl/N-ethyl adjacent to an activating group) is 2. The van der Waals surface area contributed by atoms with Crippen molar-refractivity contribution < 1.29 is 19.1 Å². The Balaban J connectivity index is 3.21. The Labute approximate surface area is 205 Å². The first-order valence-corrected chi connectivity index (χ1v) is 12.8. The van der Waals surface area contributed by atoms with E-state index in [1.807, 2.05) is 41.7 Å². The number of carbonyl (C=O) groups excluding carboxylic acids is 3. The summed E-state index contributed by atoms with van der Waals surface area (Å²) < 4.78 is 4.85. The molecule has 3 atom stereocenters. The first-order chi connectivity index (χ1) is 15.0. The molecule has 0 spiro atoms. The SMILES string of the molecule is CCOC(=O)C(C)=C[C@H](C(C)C)N(C)C(=O)[C@@H](NC(=O)[C@@H]1N(C)CCSC1(C)C)C(C)(C)C. The van der Waals surface area contributed by atoms with Crippen molar-refractivity contribution in [2.24, 2.45) is 11.3 Å². The van der Waals surface area contributed by atoms with Crippen LogP contribution in [0.15, 0.2) is 11.6 Å². The number of hydrogen-bond donors (Lipinski definition) is 1. The molecule has 0 aromatic heterocycles. The van der Waals surface area contributed by atoms with Crippen molar-refractivity contribution in [3.63, 3.8) is 0 Å². The number of thioether (sulfide) groups is 1. The Morgan fingerprint density at radius 1 is 1.27 bits per heavy atom. The first-order valence-electron chi connectivity index (χ1n) is 11.8. The van der Waals surface area contributed by atoms with Gasteiger partial charge in [0.2, 0.25) is 11.8 Å². The molecule has 1 aliphatic heterocycles. The van der Waals surface area contributed by atoms with Gasteiger partial charge in [-0.15, -0.1) is 0 Å². The van der Waals surface area contributed by atoms with Gasteiger partial charge in [-0.2, -0.15) is 11.8 Å². The quantitative estimate of drug-likeness (QED) is 0.421. The van der Waals surface area contributed by atoms with Crippen LogP contribution in [0.25, 0.3) is 0 Å². The molecular weight excluding hydrogens is 438 g/mol. The first kappa shape index (κ1) is 29.5.